The third-order valence-corrected chi connectivity index (χ3v) is 5.70. The molecular formula is C25H53N3. The quantitative estimate of drug-likeness (QED) is 0.118. The van der Waals surface area contributed by atoms with Crippen LogP contribution in [0.5, 0.6) is 0 Å². The Labute approximate surface area is 177 Å². The number of rotatable bonds is 21. The first-order valence-corrected chi connectivity index (χ1v) is 12.8. The first kappa shape index (κ1) is 27.3. The van der Waals surface area contributed by atoms with Crippen molar-refractivity contribution in [2.24, 2.45) is 0 Å². The average molecular weight is 396 g/mol. The Bertz CT molecular complexity index is 301. The van der Waals surface area contributed by atoms with Crippen molar-refractivity contribution in [3.05, 3.63) is 0 Å². The van der Waals surface area contributed by atoms with E-state index in [9.17, 15) is 0 Å². The fraction of sp³-hybridized carbons (Fsp3) is 0.960. The molecule has 0 rings (SSSR count). The van der Waals surface area contributed by atoms with E-state index in [-0.39, 0.29) is 0 Å². The van der Waals surface area contributed by atoms with E-state index in [1.807, 2.05) is 0 Å². The summed E-state index contributed by atoms with van der Waals surface area (Å²) >= 11 is 0. The SMILES string of the molecule is CCCCCCCCNC(=N)N(CCCCCCCC)CCCCCCCC. The van der Waals surface area contributed by atoms with Crippen LogP contribution in [-0.4, -0.2) is 30.5 Å². The molecule has 0 aromatic heterocycles. The van der Waals surface area contributed by atoms with E-state index >= 15 is 0 Å². The molecule has 0 unspecified atom stereocenters. The lowest BCUT2D eigenvalue weighted by atomic mass is 10.1. The molecule has 0 saturated heterocycles. The van der Waals surface area contributed by atoms with Crippen LogP contribution in [0, 0.1) is 5.41 Å². The van der Waals surface area contributed by atoms with E-state index in [2.05, 4.69) is 31.0 Å². The fourth-order valence-electron chi connectivity index (χ4n) is 3.73. The molecule has 0 aliphatic carbocycles. The van der Waals surface area contributed by atoms with Crippen LogP contribution < -0.4 is 5.32 Å². The van der Waals surface area contributed by atoms with Gasteiger partial charge in [0.1, 0.15) is 0 Å². The van der Waals surface area contributed by atoms with Gasteiger partial charge in [-0.25, -0.2) is 0 Å². The van der Waals surface area contributed by atoms with E-state index in [1.165, 1.54) is 116 Å². The van der Waals surface area contributed by atoms with Crippen LogP contribution in [0.15, 0.2) is 0 Å². The summed E-state index contributed by atoms with van der Waals surface area (Å²) in [4.78, 5) is 2.32. The smallest absolute Gasteiger partial charge is 0.191 e. The lowest BCUT2D eigenvalue weighted by molar-refractivity contribution is 0.369. The number of hydrogen-bond acceptors (Lipinski definition) is 1. The second-order valence-electron chi connectivity index (χ2n) is 8.57. The summed E-state index contributed by atoms with van der Waals surface area (Å²) in [6.07, 6.45) is 23.9. The van der Waals surface area contributed by atoms with E-state index in [0.29, 0.717) is 5.96 Å². The zero-order chi connectivity index (χ0) is 20.7. The van der Waals surface area contributed by atoms with Gasteiger partial charge >= 0.3 is 0 Å². The molecule has 0 spiro atoms. The highest BCUT2D eigenvalue weighted by molar-refractivity contribution is 5.76. The predicted molar refractivity (Wildman–Crippen MR) is 127 cm³/mol. The molecule has 0 bridgehead atoms. The van der Waals surface area contributed by atoms with Gasteiger partial charge in [0.25, 0.3) is 0 Å². The van der Waals surface area contributed by atoms with Gasteiger partial charge in [-0.2, -0.15) is 0 Å². The molecule has 0 fully saturated rings. The molecule has 3 nitrogen and oxygen atoms in total. The normalized spacial score (nSPS) is 11.0. The highest BCUT2D eigenvalue weighted by Crippen LogP contribution is 2.09. The third kappa shape index (κ3) is 18.6. The van der Waals surface area contributed by atoms with E-state index < -0.39 is 0 Å². The van der Waals surface area contributed by atoms with Gasteiger partial charge in [0.2, 0.25) is 0 Å². The van der Waals surface area contributed by atoms with Gasteiger partial charge in [-0.1, -0.05) is 117 Å². The Morgan fingerprint density at radius 2 is 0.893 bits per heavy atom. The maximum atomic E-state index is 8.50. The Balaban J connectivity index is 4.01. The second-order valence-corrected chi connectivity index (χ2v) is 8.57. The number of unbranched alkanes of at least 4 members (excludes halogenated alkanes) is 15. The van der Waals surface area contributed by atoms with Gasteiger partial charge in [-0.05, 0) is 19.3 Å². The second kappa shape index (κ2) is 22.6. The van der Waals surface area contributed by atoms with Crippen LogP contribution in [0.3, 0.4) is 0 Å². The highest BCUT2D eigenvalue weighted by atomic mass is 15.3. The highest BCUT2D eigenvalue weighted by Gasteiger charge is 2.09. The molecule has 0 radical (unpaired) electrons. The monoisotopic (exact) mass is 395 g/mol. The zero-order valence-corrected chi connectivity index (χ0v) is 19.8. The molecule has 0 aliphatic heterocycles. The summed E-state index contributed by atoms with van der Waals surface area (Å²) in [5.41, 5.74) is 0. The Kier molecular flexibility index (Phi) is 22.0. The molecule has 0 aromatic rings. The largest absolute Gasteiger partial charge is 0.356 e. The van der Waals surface area contributed by atoms with Crippen LogP contribution in [0.2, 0.25) is 0 Å². The van der Waals surface area contributed by atoms with Crippen molar-refractivity contribution in [3.8, 4) is 0 Å². The van der Waals surface area contributed by atoms with Crippen LogP contribution >= 0.6 is 0 Å². The van der Waals surface area contributed by atoms with E-state index in [0.717, 1.165) is 19.6 Å². The first-order chi connectivity index (χ1) is 13.8. The first-order valence-electron chi connectivity index (χ1n) is 12.8. The fourth-order valence-corrected chi connectivity index (χ4v) is 3.73. The number of nitrogens with zero attached hydrogens (tertiary/aromatic N) is 1. The Morgan fingerprint density at radius 1 is 0.536 bits per heavy atom. The maximum absolute atomic E-state index is 8.50. The third-order valence-electron chi connectivity index (χ3n) is 5.70. The summed E-state index contributed by atoms with van der Waals surface area (Å²) in [6.45, 7) is 9.91. The van der Waals surface area contributed by atoms with Crippen LogP contribution in [-0.2, 0) is 0 Å². The summed E-state index contributed by atoms with van der Waals surface area (Å²) in [5.74, 6) is 0.677. The lowest BCUT2D eigenvalue weighted by Crippen LogP contribution is -2.42. The van der Waals surface area contributed by atoms with Crippen molar-refractivity contribution in [1.29, 1.82) is 5.41 Å². The van der Waals surface area contributed by atoms with Crippen molar-refractivity contribution in [1.82, 2.24) is 10.2 Å². The number of nitrogens with one attached hydrogen (secondary N) is 2. The molecule has 0 amide bonds. The van der Waals surface area contributed by atoms with Crippen molar-refractivity contribution < 1.29 is 0 Å². The van der Waals surface area contributed by atoms with Crippen molar-refractivity contribution >= 4 is 5.96 Å². The minimum Gasteiger partial charge on any atom is -0.356 e. The topological polar surface area (TPSA) is 39.1 Å². The maximum Gasteiger partial charge on any atom is 0.191 e. The van der Waals surface area contributed by atoms with Gasteiger partial charge in [0.15, 0.2) is 5.96 Å². The van der Waals surface area contributed by atoms with Gasteiger partial charge in [0, 0.05) is 19.6 Å². The van der Waals surface area contributed by atoms with Gasteiger partial charge < -0.3 is 10.2 Å². The summed E-state index contributed by atoms with van der Waals surface area (Å²) in [6, 6.07) is 0. The minimum atomic E-state index is 0.677. The molecule has 168 valence electrons. The summed E-state index contributed by atoms with van der Waals surface area (Å²) in [7, 11) is 0. The van der Waals surface area contributed by atoms with E-state index in [4.69, 9.17) is 5.41 Å². The Morgan fingerprint density at radius 3 is 1.32 bits per heavy atom. The van der Waals surface area contributed by atoms with Gasteiger partial charge in [-0.3, -0.25) is 5.41 Å². The molecule has 0 aromatic carbocycles. The van der Waals surface area contributed by atoms with Crippen LogP contribution in [0.4, 0.5) is 0 Å². The lowest BCUT2D eigenvalue weighted by Gasteiger charge is -2.26. The molecule has 0 aliphatic rings. The summed E-state index contributed by atoms with van der Waals surface area (Å²) in [5, 5.41) is 11.9. The minimum absolute atomic E-state index is 0.677. The average Bonchev–Trinajstić information content (AvgIpc) is 2.70. The van der Waals surface area contributed by atoms with Crippen molar-refractivity contribution in [2.75, 3.05) is 19.6 Å². The van der Waals surface area contributed by atoms with E-state index in [1.54, 1.807) is 0 Å². The zero-order valence-electron chi connectivity index (χ0n) is 19.8. The molecular weight excluding hydrogens is 342 g/mol. The predicted octanol–water partition coefficient (Wildman–Crippen LogP) is 7.89. The molecule has 3 heteroatoms. The van der Waals surface area contributed by atoms with Crippen molar-refractivity contribution in [2.45, 2.75) is 136 Å². The molecule has 28 heavy (non-hydrogen) atoms. The molecule has 0 saturated carbocycles. The number of hydrogen-bond donors (Lipinski definition) is 2. The molecule has 0 atom stereocenters. The molecule has 0 heterocycles. The molecule has 2 N–H and O–H groups in total. The van der Waals surface area contributed by atoms with Crippen LogP contribution in [0.1, 0.15) is 136 Å². The standard InChI is InChI=1S/C25H53N3/c1-4-7-10-13-16-19-22-27-25(26)28(23-20-17-14-11-8-5-2)24-21-18-15-12-9-6-3/h4-24H2,1-3H3,(H2,26,27). The number of guanidine groups is 1. The van der Waals surface area contributed by atoms with Crippen LogP contribution in [0.25, 0.3) is 0 Å². The van der Waals surface area contributed by atoms with Crippen molar-refractivity contribution in [3.63, 3.8) is 0 Å². The summed E-state index contributed by atoms with van der Waals surface area (Å²) < 4.78 is 0. The Hall–Kier alpha value is -0.730. The van der Waals surface area contributed by atoms with Gasteiger partial charge in [-0.15, -0.1) is 0 Å². The van der Waals surface area contributed by atoms with Gasteiger partial charge in [0.05, 0.1) is 0 Å².